The quantitative estimate of drug-likeness (QED) is 0.604. The smallest absolute Gasteiger partial charge is 0.255 e. The highest BCUT2D eigenvalue weighted by Crippen LogP contribution is 2.30. The summed E-state index contributed by atoms with van der Waals surface area (Å²) in [4.78, 5) is 39.9. The lowest BCUT2D eigenvalue weighted by Crippen LogP contribution is -2.52. The van der Waals surface area contributed by atoms with Gasteiger partial charge < -0.3 is 9.80 Å². The molecule has 2 aliphatic heterocycles. The fraction of sp³-hybridized carbons (Fsp3) is 0.471. The minimum absolute atomic E-state index is 0.121. The minimum Gasteiger partial charge on any atom is -0.322 e. The number of halogens is 1. The molecule has 0 bridgehead atoms. The average molecular weight is 394 g/mol. The van der Waals surface area contributed by atoms with Crippen molar-refractivity contribution in [2.24, 2.45) is 0 Å². The van der Waals surface area contributed by atoms with Gasteiger partial charge in [0.05, 0.1) is 0 Å². The molecule has 3 amide bonds. The second kappa shape index (κ2) is 7.03. The number of nitrogens with one attached hydrogen (secondary N) is 1. The van der Waals surface area contributed by atoms with Crippen molar-refractivity contribution < 1.29 is 14.4 Å². The van der Waals surface area contributed by atoms with Gasteiger partial charge in [0.15, 0.2) is 0 Å². The van der Waals surface area contributed by atoms with E-state index in [0.29, 0.717) is 18.5 Å². The Hall–Kier alpha value is -1.73. The summed E-state index contributed by atoms with van der Waals surface area (Å²) < 4.78 is 0. The number of nitrogens with zero attached hydrogens (tertiary/aromatic N) is 2. The normalized spacial score (nSPS) is 20.5. The maximum Gasteiger partial charge on any atom is 0.255 e. The predicted molar refractivity (Wildman–Crippen MR) is 92.6 cm³/mol. The fourth-order valence-electron chi connectivity index (χ4n) is 3.31. The summed E-state index contributed by atoms with van der Waals surface area (Å²) in [5, 5.41) is 3.22. The topological polar surface area (TPSA) is 69.7 Å². The number of fused-ring (bicyclic) bond motifs is 1. The van der Waals surface area contributed by atoms with Gasteiger partial charge in [0.2, 0.25) is 11.8 Å². The van der Waals surface area contributed by atoms with E-state index < -0.39 is 6.04 Å². The number of piperidine rings is 1. The second-order valence-corrected chi connectivity index (χ2v) is 7.06. The van der Waals surface area contributed by atoms with E-state index in [2.05, 4.69) is 26.1 Å². The van der Waals surface area contributed by atoms with Gasteiger partial charge in [-0.3, -0.25) is 19.7 Å². The number of imide groups is 1. The molecule has 24 heavy (non-hydrogen) atoms. The zero-order valence-electron chi connectivity index (χ0n) is 13.5. The lowest BCUT2D eigenvalue weighted by atomic mass is 10.0. The molecule has 1 unspecified atom stereocenters. The number of alkyl halides is 1. The Morgan fingerprint density at radius 3 is 2.83 bits per heavy atom. The minimum atomic E-state index is -0.560. The number of benzene rings is 1. The molecule has 1 N–H and O–H groups in total. The maximum absolute atomic E-state index is 12.7. The molecule has 1 fully saturated rings. The molecule has 7 heteroatoms. The third-order valence-corrected chi connectivity index (χ3v) is 4.94. The van der Waals surface area contributed by atoms with Gasteiger partial charge in [-0.25, -0.2) is 0 Å². The highest BCUT2D eigenvalue weighted by atomic mass is 79.9. The standard InChI is InChI=1S/C17H20BrN3O3/c1-20(8-7-18)9-11-3-2-4-12-13(11)10-21(17(12)24)14-5-6-15(22)19-16(14)23/h2-4,14H,5-10H2,1H3,(H,19,22,23). The zero-order valence-corrected chi connectivity index (χ0v) is 15.1. The Bertz CT molecular complexity index is 692. The largest absolute Gasteiger partial charge is 0.322 e. The van der Waals surface area contributed by atoms with Crippen LogP contribution in [0.4, 0.5) is 0 Å². The number of carbonyl (C=O) groups excluding carboxylic acids is 3. The van der Waals surface area contributed by atoms with Crippen LogP contribution in [0, 0.1) is 0 Å². The van der Waals surface area contributed by atoms with Crippen molar-refractivity contribution >= 4 is 33.7 Å². The molecule has 0 saturated carbocycles. The first kappa shape index (κ1) is 17.1. The highest BCUT2D eigenvalue weighted by Gasteiger charge is 2.39. The van der Waals surface area contributed by atoms with Crippen molar-refractivity contribution in [1.29, 1.82) is 0 Å². The van der Waals surface area contributed by atoms with Crippen LogP contribution in [0.25, 0.3) is 0 Å². The molecule has 1 saturated heterocycles. The summed E-state index contributed by atoms with van der Waals surface area (Å²) in [6, 6.07) is 5.18. The molecular formula is C17H20BrN3O3. The Labute approximate surface area is 149 Å². The van der Waals surface area contributed by atoms with Gasteiger partial charge in [-0.1, -0.05) is 28.1 Å². The molecule has 3 rings (SSSR count). The van der Waals surface area contributed by atoms with E-state index in [9.17, 15) is 14.4 Å². The van der Waals surface area contributed by atoms with Crippen LogP contribution >= 0.6 is 15.9 Å². The molecular weight excluding hydrogens is 374 g/mol. The van der Waals surface area contributed by atoms with Crippen LogP contribution in [0.1, 0.15) is 34.3 Å². The Morgan fingerprint density at radius 1 is 1.33 bits per heavy atom. The van der Waals surface area contributed by atoms with Crippen molar-refractivity contribution in [2.45, 2.75) is 32.0 Å². The summed E-state index contributed by atoms with van der Waals surface area (Å²) in [6.45, 7) is 2.10. The first-order chi connectivity index (χ1) is 11.5. The van der Waals surface area contributed by atoms with E-state index in [1.807, 2.05) is 25.2 Å². The Morgan fingerprint density at radius 2 is 2.12 bits per heavy atom. The van der Waals surface area contributed by atoms with Crippen LogP contribution in [0.2, 0.25) is 0 Å². The molecule has 0 radical (unpaired) electrons. The lowest BCUT2D eigenvalue weighted by molar-refractivity contribution is -0.136. The SMILES string of the molecule is CN(CCBr)Cc1cccc2c1CN(C1CCC(=O)NC1=O)C2=O. The average Bonchev–Trinajstić information content (AvgIpc) is 2.86. The van der Waals surface area contributed by atoms with E-state index in [1.54, 1.807) is 4.90 Å². The van der Waals surface area contributed by atoms with Gasteiger partial charge in [0.1, 0.15) is 6.04 Å². The third-order valence-electron chi connectivity index (χ3n) is 4.59. The summed E-state index contributed by atoms with van der Waals surface area (Å²) in [7, 11) is 2.04. The molecule has 2 aliphatic rings. The second-order valence-electron chi connectivity index (χ2n) is 6.27. The molecule has 128 valence electrons. The van der Waals surface area contributed by atoms with E-state index in [-0.39, 0.29) is 24.1 Å². The van der Waals surface area contributed by atoms with E-state index in [1.165, 1.54) is 0 Å². The molecule has 0 aromatic heterocycles. The van der Waals surface area contributed by atoms with Gasteiger partial charge >= 0.3 is 0 Å². The first-order valence-corrected chi connectivity index (χ1v) is 9.13. The predicted octanol–water partition coefficient (Wildman–Crippen LogP) is 1.27. The van der Waals surface area contributed by atoms with Crippen molar-refractivity contribution in [3.8, 4) is 0 Å². The summed E-state index contributed by atoms with van der Waals surface area (Å²) in [5.41, 5.74) is 2.78. The van der Waals surface area contributed by atoms with Crippen LogP contribution in [-0.4, -0.2) is 52.5 Å². The summed E-state index contributed by atoms with van der Waals surface area (Å²) in [6.07, 6.45) is 0.667. The van der Waals surface area contributed by atoms with E-state index >= 15 is 0 Å². The number of rotatable bonds is 5. The summed E-state index contributed by atoms with van der Waals surface area (Å²) >= 11 is 3.43. The number of hydrogen-bond donors (Lipinski definition) is 1. The molecule has 1 aromatic rings. The molecule has 0 spiro atoms. The van der Waals surface area contributed by atoms with Crippen molar-refractivity contribution in [1.82, 2.24) is 15.1 Å². The van der Waals surface area contributed by atoms with E-state index in [4.69, 9.17) is 0 Å². The van der Waals surface area contributed by atoms with Gasteiger partial charge in [-0.15, -0.1) is 0 Å². The first-order valence-electron chi connectivity index (χ1n) is 8.01. The maximum atomic E-state index is 12.7. The lowest BCUT2D eigenvalue weighted by Gasteiger charge is -2.29. The molecule has 6 nitrogen and oxygen atoms in total. The van der Waals surface area contributed by atoms with Crippen molar-refractivity contribution in [3.05, 3.63) is 34.9 Å². The monoisotopic (exact) mass is 393 g/mol. The van der Waals surface area contributed by atoms with Crippen molar-refractivity contribution in [3.63, 3.8) is 0 Å². The third kappa shape index (κ3) is 3.23. The summed E-state index contributed by atoms with van der Waals surface area (Å²) in [5.74, 6) is -0.757. The number of amides is 3. The van der Waals surface area contributed by atoms with Crippen LogP contribution in [0.15, 0.2) is 18.2 Å². The van der Waals surface area contributed by atoms with Gasteiger partial charge in [-0.2, -0.15) is 0 Å². The Balaban J connectivity index is 1.82. The van der Waals surface area contributed by atoms with Crippen LogP contribution in [0.5, 0.6) is 0 Å². The van der Waals surface area contributed by atoms with Crippen molar-refractivity contribution in [2.75, 3.05) is 18.9 Å². The van der Waals surface area contributed by atoms with E-state index in [0.717, 1.165) is 29.5 Å². The zero-order chi connectivity index (χ0) is 17.3. The van der Waals surface area contributed by atoms with Crippen LogP contribution < -0.4 is 5.32 Å². The van der Waals surface area contributed by atoms with Crippen LogP contribution in [-0.2, 0) is 22.7 Å². The number of hydrogen-bond acceptors (Lipinski definition) is 4. The van der Waals surface area contributed by atoms with Gasteiger partial charge in [0, 0.05) is 36.9 Å². The molecule has 1 aromatic carbocycles. The molecule has 0 aliphatic carbocycles. The fourth-order valence-corrected chi connectivity index (χ4v) is 3.92. The molecule has 1 atom stereocenters. The Kier molecular flexibility index (Phi) is 5.01. The highest BCUT2D eigenvalue weighted by molar-refractivity contribution is 9.09. The van der Waals surface area contributed by atoms with Crippen LogP contribution in [0.3, 0.4) is 0 Å². The number of carbonyl (C=O) groups is 3. The van der Waals surface area contributed by atoms with Gasteiger partial charge in [-0.05, 0) is 30.7 Å². The van der Waals surface area contributed by atoms with Gasteiger partial charge in [0.25, 0.3) is 5.91 Å². The molecule has 2 heterocycles.